The number of carbonyl (C=O) groups excluding carboxylic acids is 2. The lowest BCUT2D eigenvalue weighted by molar-refractivity contribution is -0.131. The Kier molecular flexibility index (Phi) is 3.46. The first-order chi connectivity index (χ1) is 6.56. The van der Waals surface area contributed by atoms with E-state index >= 15 is 0 Å². The van der Waals surface area contributed by atoms with Gasteiger partial charge in [0.2, 0.25) is 11.8 Å². The van der Waals surface area contributed by atoms with Crippen LogP contribution in [0.15, 0.2) is 0 Å². The molecule has 1 aliphatic heterocycles. The molecule has 0 aromatic rings. The zero-order valence-corrected chi connectivity index (χ0v) is 8.69. The van der Waals surface area contributed by atoms with Crippen molar-refractivity contribution in [2.45, 2.75) is 19.4 Å². The van der Waals surface area contributed by atoms with Gasteiger partial charge in [-0.15, -0.1) is 0 Å². The van der Waals surface area contributed by atoms with E-state index in [0.29, 0.717) is 13.1 Å². The Labute approximate surface area is 83.8 Å². The van der Waals surface area contributed by atoms with Gasteiger partial charge in [-0.25, -0.2) is 0 Å². The summed E-state index contributed by atoms with van der Waals surface area (Å²) in [5.74, 6) is 0.00139. The van der Waals surface area contributed by atoms with Crippen molar-refractivity contribution in [2.75, 3.05) is 26.7 Å². The number of nitrogens with zero attached hydrogens (tertiary/aromatic N) is 2. The van der Waals surface area contributed by atoms with E-state index in [4.69, 9.17) is 5.73 Å². The smallest absolute Gasteiger partial charge is 0.236 e. The lowest BCUT2D eigenvalue weighted by Crippen LogP contribution is -2.40. The van der Waals surface area contributed by atoms with Crippen LogP contribution >= 0.6 is 0 Å². The van der Waals surface area contributed by atoms with Crippen LogP contribution < -0.4 is 5.73 Å². The van der Waals surface area contributed by atoms with Gasteiger partial charge in [0, 0.05) is 27.1 Å². The highest BCUT2D eigenvalue weighted by Crippen LogP contribution is 2.14. The Hall–Kier alpha value is -1.10. The molecule has 1 aliphatic rings. The number of likely N-dealkylation sites (tertiary alicyclic amines) is 1. The van der Waals surface area contributed by atoms with E-state index in [9.17, 15) is 9.59 Å². The molecule has 0 aromatic carbocycles. The fraction of sp³-hybridized carbons (Fsp3) is 0.778. The van der Waals surface area contributed by atoms with E-state index in [1.807, 2.05) is 0 Å². The number of hydrogen-bond acceptors (Lipinski definition) is 3. The van der Waals surface area contributed by atoms with Gasteiger partial charge in [-0.1, -0.05) is 0 Å². The van der Waals surface area contributed by atoms with Crippen LogP contribution in [0.3, 0.4) is 0 Å². The van der Waals surface area contributed by atoms with Crippen molar-refractivity contribution in [3.8, 4) is 0 Å². The number of likely N-dealkylation sites (N-methyl/N-ethyl adjacent to an activating group) is 1. The molecule has 2 amide bonds. The highest BCUT2D eigenvalue weighted by atomic mass is 16.2. The van der Waals surface area contributed by atoms with Crippen molar-refractivity contribution < 1.29 is 9.59 Å². The first-order valence-electron chi connectivity index (χ1n) is 4.77. The van der Waals surface area contributed by atoms with Gasteiger partial charge >= 0.3 is 0 Å². The molecule has 0 aromatic heterocycles. The summed E-state index contributed by atoms with van der Waals surface area (Å²) >= 11 is 0. The Morgan fingerprint density at radius 2 is 2.21 bits per heavy atom. The first-order valence-corrected chi connectivity index (χ1v) is 4.77. The summed E-state index contributed by atoms with van der Waals surface area (Å²) in [5.41, 5.74) is 5.26. The molecule has 1 saturated heterocycles. The van der Waals surface area contributed by atoms with Crippen molar-refractivity contribution >= 4 is 11.8 Å². The van der Waals surface area contributed by atoms with Gasteiger partial charge < -0.3 is 15.5 Å². The predicted molar refractivity (Wildman–Crippen MR) is 52.5 cm³/mol. The van der Waals surface area contributed by atoms with Crippen LogP contribution in [0.5, 0.6) is 0 Å². The summed E-state index contributed by atoms with van der Waals surface area (Å²) in [6.07, 6.45) is 0.849. The Bertz CT molecular complexity index is 242. The van der Waals surface area contributed by atoms with Crippen molar-refractivity contribution in [2.24, 2.45) is 5.73 Å². The molecular weight excluding hydrogens is 182 g/mol. The number of carbonyl (C=O) groups is 2. The summed E-state index contributed by atoms with van der Waals surface area (Å²) in [6, 6.07) is 0.156. The van der Waals surface area contributed by atoms with E-state index in [1.165, 1.54) is 6.92 Å². The van der Waals surface area contributed by atoms with Crippen LogP contribution in [0.1, 0.15) is 13.3 Å². The molecule has 0 saturated carbocycles. The second kappa shape index (κ2) is 4.41. The average molecular weight is 199 g/mol. The summed E-state index contributed by atoms with van der Waals surface area (Å²) < 4.78 is 0. The van der Waals surface area contributed by atoms with E-state index in [0.717, 1.165) is 6.42 Å². The monoisotopic (exact) mass is 199 g/mol. The van der Waals surface area contributed by atoms with Crippen molar-refractivity contribution in [3.63, 3.8) is 0 Å². The maximum absolute atomic E-state index is 11.2. The number of amides is 2. The van der Waals surface area contributed by atoms with E-state index < -0.39 is 0 Å². The molecule has 14 heavy (non-hydrogen) atoms. The van der Waals surface area contributed by atoms with Crippen molar-refractivity contribution in [1.82, 2.24) is 9.80 Å². The summed E-state index contributed by atoms with van der Waals surface area (Å²) in [5, 5.41) is 0. The zero-order chi connectivity index (χ0) is 10.7. The highest BCUT2D eigenvalue weighted by Gasteiger charge is 2.28. The molecule has 0 aliphatic carbocycles. The molecule has 1 heterocycles. The molecule has 1 fully saturated rings. The lowest BCUT2D eigenvalue weighted by Gasteiger charge is -2.23. The normalized spacial score (nSPS) is 21.1. The van der Waals surface area contributed by atoms with E-state index in [-0.39, 0.29) is 24.4 Å². The minimum atomic E-state index is -0.0375. The molecule has 0 unspecified atom stereocenters. The minimum Gasteiger partial charge on any atom is -0.341 e. The Balaban J connectivity index is 2.49. The fourth-order valence-corrected chi connectivity index (χ4v) is 1.67. The third-order valence-electron chi connectivity index (χ3n) is 2.74. The average Bonchev–Trinajstić information content (AvgIpc) is 2.64. The highest BCUT2D eigenvalue weighted by molar-refractivity contribution is 5.78. The van der Waals surface area contributed by atoms with Gasteiger partial charge in [0.15, 0.2) is 0 Å². The van der Waals surface area contributed by atoms with Crippen LogP contribution in [0.2, 0.25) is 0 Å². The maximum Gasteiger partial charge on any atom is 0.236 e. The largest absolute Gasteiger partial charge is 0.341 e. The van der Waals surface area contributed by atoms with Gasteiger partial charge in [0.25, 0.3) is 0 Å². The number of nitrogens with two attached hydrogens (primary N) is 1. The predicted octanol–water partition coefficient (Wildman–Crippen LogP) is -0.976. The van der Waals surface area contributed by atoms with Crippen molar-refractivity contribution in [3.05, 3.63) is 0 Å². The van der Waals surface area contributed by atoms with Gasteiger partial charge in [-0.2, -0.15) is 0 Å². The van der Waals surface area contributed by atoms with E-state index in [2.05, 4.69) is 0 Å². The maximum atomic E-state index is 11.2. The molecule has 0 spiro atoms. The minimum absolute atomic E-state index is 0.0375. The molecule has 5 heteroatoms. The second-order valence-corrected chi connectivity index (χ2v) is 3.62. The number of rotatable bonds is 2. The van der Waals surface area contributed by atoms with Gasteiger partial charge in [-0.3, -0.25) is 9.59 Å². The standard InChI is InChI=1S/C9H17N3O2/c1-7(13)11(2)8-3-4-12(6-8)9(14)5-10/h8H,3-6,10H2,1-2H3/t8-/m1/s1. The summed E-state index contributed by atoms with van der Waals surface area (Å²) in [4.78, 5) is 25.7. The molecule has 5 nitrogen and oxygen atoms in total. The van der Waals surface area contributed by atoms with Crippen LogP contribution in [0.25, 0.3) is 0 Å². The van der Waals surface area contributed by atoms with Crippen LogP contribution in [-0.2, 0) is 9.59 Å². The SMILES string of the molecule is CC(=O)N(C)[C@@H]1CCN(C(=O)CN)C1. The molecule has 0 bridgehead atoms. The third-order valence-corrected chi connectivity index (χ3v) is 2.74. The fourth-order valence-electron chi connectivity index (χ4n) is 1.67. The van der Waals surface area contributed by atoms with Gasteiger partial charge in [0.05, 0.1) is 12.6 Å². The molecule has 1 rings (SSSR count). The van der Waals surface area contributed by atoms with Gasteiger partial charge in [0.1, 0.15) is 0 Å². The lowest BCUT2D eigenvalue weighted by atomic mass is 10.2. The zero-order valence-electron chi connectivity index (χ0n) is 8.69. The Morgan fingerprint density at radius 3 is 2.71 bits per heavy atom. The summed E-state index contributed by atoms with van der Waals surface area (Å²) in [6.45, 7) is 2.91. The first kappa shape index (κ1) is 11.0. The van der Waals surface area contributed by atoms with E-state index in [1.54, 1.807) is 16.8 Å². The van der Waals surface area contributed by atoms with Crippen LogP contribution in [-0.4, -0.2) is 54.3 Å². The second-order valence-electron chi connectivity index (χ2n) is 3.62. The van der Waals surface area contributed by atoms with Crippen LogP contribution in [0, 0.1) is 0 Å². The topological polar surface area (TPSA) is 66.6 Å². The van der Waals surface area contributed by atoms with Crippen LogP contribution in [0.4, 0.5) is 0 Å². The molecule has 0 radical (unpaired) electrons. The van der Waals surface area contributed by atoms with Gasteiger partial charge in [-0.05, 0) is 6.42 Å². The molecule has 1 atom stereocenters. The quantitative estimate of drug-likeness (QED) is 0.622. The molecule has 2 N–H and O–H groups in total. The third kappa shape index (κ3) is 2.23. The molecule has 80 valence electrons. The molecular formula is C9H17N3O2. The Morgan fingerprint density at radius 1 is 1.57 bits per heavy atom. The number of hydrogen-bond donors (Lipinski definition) is 1. The van der Waals surface area contributed by atoms with Crippen molar-refractivity contribution in [1.29, 1.82) is 0 Å². The summed E-state index contributed by atoms with van der Waals surface area (Å²) in [7, 11) is 1.77.